The molecule has 2 aromatic rings. The number of hydrogen-bond acceptors (Lipinski definition) is 6. The van der Waals surface area contributed by atoms with Crippen molar-refractivity contribution in [2.24, 2.45) is 0 Å². The molecule has 3 rings (SSSR count). The Morgan fingerprint density at radius 1 is 1.28 bits per heavy atom. The molecule has 0 atom stereocenters. The Morgan fingerprint density at radius 3 is 2.84 bits per heavy atom. The molecule has 0 spiro atoms. The molecule has 0 aromatic heterocycles. The molecule has 6 nitrogen and oxygen atoms in total. The van der Waals surface area contributed by atoms with Gasteiger partial charge in [0.15, 0.2) is 6.79 Å². The van der Waals surface area contributed by atoms with Crippen molar-refractivity contribution in [1.29, 1.82) is 0 Å². The lowest BCUT2D eigenvalue weighted by Crippen LogP contribution is -2.13. The van der Waals surface area contributed by atoms with E-state index in [1.165, 1.54) is 11.6 Å². The molecular formula is C18H19NO5S. The second kappa shape index (κ2) is 8.22. The number of non-ortho nitro benzene ring substituents is 1. The molecule has 0 unspecified atom stereocenters. The Labute approximate surface area is 150 Å². The quantitative estimate of drug-likeness (QED) is 0.420. The summed E-state index contributed by atoms with van der Waals surface area (Å²) in [5, 5.41) is 11.1. The zero-order chi connectivity index (χ0) is 17.6. The predicted molar refractivity (Wildman–Crippen MR) is 96.2 cm³/mol. The lowest BCUT2D eigenvalue weighted by molar-refractivity contribution is -0.385. The van der Waals surface area contributed by atoms with E-state index in [-0.39, 0.29) is 17.4 Å². The third-order valence-electron chi connectivity index (χ3n) is 3.76. The number of nitro groups is 1. The van der Waals surface area contributed by atoms with Crippen LogP contribution in [0.15, 0.2) is 36.4 Å². The summed E-state index contributed by atoms with van der Waals surface area (Å²) < 4.78 is 16.4. The van der Waals surface area contributed by atoms with Crippen LogP contribution < -0.4 is 9.47 Å². The number of rotatable bonds is 7. The van der Waals surface area contributed by atoms with Crippen molar-refractivity contribution in [1.82, 2.24) is 0 Å². The second-order valence-electron chi connectivity index (χ2n) is 5.68. The lowest BCUT2D eigenvalue weighted by Gasteiger charge is -2.20. The van der Waals surface area contributed by atoms with Crippen LogP contribution in [0.4, 0.5) is 5.69 Å². The average molecular weight is 361 g/mol. The molecule has 0 saturated heterocycles. The Morgan fingerprint density at radius 2 is 2.08 bits per heavy atom. The topological polar surface area (TPSA) is 70.8 Å². The van der Waals surface area contributed by atoms with Crippen molar-refractivity contribution in [3.8, 4) is 11.5 Å². The summed E-state index contributed by atoms with van der Waals surface area (Å²) in [6, 6.07) is 11.0. The van der Waals surface area contributed by atoms with Gasteiger partial charge in [0, 0.05) is 34.8 Å². The van der Waals surface area contributed by atoms with Gasteiger partial charge in [-0.25, -0.2) is 0 Å². The summed E-state index contributed by atoms with van der Waals surface area (Å²) in [5.74, 6) is 2.96. The van der Waals surface area contributed by atoms with E-state index in [0.29, 0.717) is 24.7 Å². The van der Waals surface area contributed by atoms with E-state index in [0.717, 1.165) is 22.6 Å². The minimum Gasteiger partial charge on any atom is -0.493 e. The minimum atomic E-state index is -0.385. The van der Waals surface area contributed by atoms with E-state index in [9.17, 15) is 10.1 Å². The van der Waals surface area contributed by atoms with Crippen LogP contribution in [-0.4, -0.2) is 24.1 Å². The van der Waals surface area contributed by atoms with Crippen LogP contribution in [0.1, 0.15) is 16.7 Å². The van der Waals surface area contributed by atoms with Gasteiger partial charge in [0.05, 0.1) is 18.1 Å². The standard InChI is InChI=1S/C18H19NO5S/c1-13-2-4-17(5-3-13)23-6-7-25-11-15-9-16(19(20)21)8-14-10-22-12-24-18(14)15/h2-5,8-9H,6-7,10-12H2,1H3. The number of fused-ring (bicyclic) bond motifs is 1. The smallest absolute Gasteiger partial charge is 0.270 e. The van der Waals surface area contributed by atoms with E-state index in [4.69, 9.17) is 14.2 Å². The number of thioether (sulfide) groups is 1. The first-order chi connectivity index (χ1) is 12.1. The van der Waals surface area contributed by atoms with E-state index in [1.54, 1.807) is 17.8 Å². The Hall–Kier alpha value is -2.25. The van der Waals surface area contributed by atoms with E-state index in [1.807, 2.05) is 31.2 Å². The minimum absolute atomic E-state index is 0.0688. The van der Waals surface area contributed by atoms with Gasteiger partial charge in [0.2, 0.25) is 0 Å². The highest BCUT2D eigenvalue weighted by atomic mass is 32.2. The van der Waals surface area contributed by atoms with Gasteiger partial charge in [-0.3, -0.25) is 10.1 Å². The third kappa shape index (κ3) is 4.64. The molecule has 0 bridgehead atoms. The monoisotopic (exact) mass is 361 g/mol. The van der Waals surface area contributed by atoms with Crippen LogP contribution in [0.5, 0.6) is 11.5 Å². The summed E-state index contributed by atoms with van der Waals surface area (Å²) >= 11 is 1.65. The van der Waals surface area contributed by atoms with Crippen molar-refractivity contribution in [2.45, 2.75) is 19.3 Å². The molecule has 0 amide bonds. The fourth-order valence-corrected chi connectivity index (χ4v) is 3.31. The van der Waals surface area contributed by atoms with Crippen molar-refractivity contribution in [3.05, 3.63) is 63.2 Å². The van der Waals surface area contributed by atoms with Crippen molar-refractivity contribution in [3.63, 3.8) is 0 Å². The van der Waals surface area contributed by atoms with Gasteiger partial charge in [0.25, 0.3) is 5.69 Å². The molecule has 0 fully saturated rings. The van der Waals surface area contributed by atoms with Gasteiger partial charge in [-0.15, -0.1) is 0 Å². The van der Waals surface area contributed by atoms with E-state index >= 15 is 0 Å². The molecule has 0 radical (unpaired) electrons. The van der Waals surface area contributed by atoms with E-state index < -0.39 is 0 Å². The van der Waals surface area contributed by atoms with Crippen molar-refractivity contribution >= 4 is 17.4 Å². The second-order valence-corrected chi connectivity index (χ2v) is 6.78. The maximum absolute atomic E-state index is 11.1. The fourth-order valence-electron chi connectivity index (χ4n) is 2.53. The number of ether oxygens (including phenoxy) is 3. The first-order valence-corrected chi connectivity index (χ1v) is 9.07. The third-order valence-corrected chi connectivity index (χ3v) is 4.73. The molecule has 0 saturated carbocycles. The maximum atomic E-state index is 11.1. The molecule has 25 heavy (non-hydrogen) atoms. The summed E-state index contributed by atoms with van der Waals surface area (Å²) in [6.07, 6.45) is 0. The molecule has 1 aliphatic heterocycles. The number of benzene rings is 2. The van der Waals surface area contributed by atoms with Crippen molar-refractivity contribution in [2.75, 3.05) is 19.2 Å². The summed E-state index contributed by atoms with van der Waals surface area (Å²) in [6.45, 7) is 3.13. The van der Waals surface area contributed by atoms with Crippen LogP contribution in [0, 0.1) is 17.0 Å². The Kier molecular flexibility index (Phi) is 5.78. The van der Waals surface area contributed by atoms with Crippen LogP contribution >= 0.6 is 11.8 Å². The first kappa shape index (κ1) is 17.6. The number of nitrogens with zero attached hydrogens (tertiary/aromatic N) is 1. The number of nitro benzene ring substituents is 1. The highest BCUT2D eigenvalue weighted by Gasteiger charge is 2.20. The summed E-state index contributed by atoms with van der Waals surface area (Å²) in [4.78, 5) is 10.7. The van der Waals surface area contributed by atoms with Crippen LogP contribution in [0.2, 0.25) is 0 Å². The molecule has 1 heterocycles. The first-order valence-electron chi connectivity index (χ1n) is 7.91. The molecule has 7 heteroatoms. The molecule has 0 aliphatic carbocycles. The molecule has 132 valence electrons. The molecule has 2 aromatic carbocycles. The van der Waals surface area contributed by atoms with Gasteiger partial charge in [-0.2, -0.15) is 11.8 Å². The Bertz CT molecular complexity index is 748. The lowest BCUT2D eigenvalue weighted by atomic mass is 10.1. The van der Waals surface area contributed by atoms with Crippen LogP contribution in [-0.2, 0) is 17.1 Å². The zero-order valence-corrected chi connectivity index (χ0v) is 14.7. The number of aryl methyl sites for hydroxylation is 1. The highest BCUT2D eigenvalue weighted by molar-refractivity contribution is 7.98. The summed E-state index contributed by atoms with van der Waals surface area (Å²) in [5.41, 5.74) is 2.82. The van der Waals surface area contributed by atoms with Gasteiger partial charge in [-0.05, 0) is 19.1 Å². The van der Waals surface area contributed by atoms with Crippen LogP contribution in [0.3, 0.4) is 0 Å². The average Bonchev–Trinajstić information content (AvgIpc) is 2.62. The van der Waals surface area contributed by atoms with Crippen molar-refractivity contribution < 1.29 is 19.1 Å². The van der Waals surface area contributed by atoms with E-state index in [2.05, 4.69) is 0 Å². The molecular weight excluding hydrogens is 342 g/mol. The largest absolute Gasteiger partial charge is 0.493 e. The van der Waals surface area contributed by atoms with Gasteiger partial charge >= 0.3 is 0 Å². The van der Waals surface area contributed by atoms with Gasteiger partial charge in [-0.1, -0.05) is 17.7 Å². The normalized spacial score (nSPS) is 13.0. The Balaban J connectivity index is 1.56. The van der Waals surface area contributed by atoms with Gasteiger partial charge < -0.3 is 14.2 Å². The van der Waals surface area contributed by atoms with Gasteiger partial charge in [0.1, 0.15) is 11.5 Å². The van der Waals surface area contributed by atoms with Crippen LogP contribution in [0.25, 0.3) is 0 Å². The zero-order valence-electron chi connectivity index (χ0n) is 13.9. The summed E-state index contributed by atoms with van der Waals surface area (Å²) in [7, 11) is 0. The molecule has 1 aliphatic rings. The molecule has 0 N–H and O–H groups in total. The predicted octanol–water partition coefficient (Wildman–Crippen LogP) is 4.08. The number of hydrogen-bond donors (Lipinski definition) is 0. The SMILES string of the molecule is Cc1ccc(OCCSCc2cc([N+](=O)[O-])cc3c2OCOC3)cc1. The highest BCUT2D eigenvalue weighted by Crippen LogP contribution is 2.34. The fraction of sp³-hybridized carbons (Fsp3) is 0.333. The maximum Gasteiger partial charge on any atom is 0.270 e.